The van der Waals surface area contributed by atoms with Gasteiger partial charge >= 0.3 is 0 Å². The number of ether oxygens (including phenoxy) is 3. The van der Waals surface area contributed by atoms with Crippen molar-refractivity contribution in [1.82, 2.24) is 10.3 Å². The summed E-state index contributed by atoms with van der Waals surface area (Å²) in [7, 11) is 4.65. The summed E-state index contributed by atoms with van der Waals surface area (Å²) in [4.78, 5) is 16.8. The van der Waals surface area contributed by atoms with Crippen molar-refractivity contribution in [1.29, 1.82) is 0 Å². The van der Waals surface area contributed by atoms with Gasteiger partial charge in [-0.2, -0.15) is 11.3 Å². The Bertz CT molecular complexity index is 975. The topological polar surface area (TPSA) is 69.7 Å². The van der Waals surface area contributed by atoms with Gasteiger partial charge in [0, 0.05) is 29.8 Å². The van der Waals surface area contributed by atoms with Crippen molar-refractivity contribution in [2.75, 3.05) is 21.3 Å². The van der Waals surface area contributed by atoms with Crippen LogP contribution in [-0.4, -0.2) is 32.2 Å². The number of nitrogens with one attached hydrogen (secondary N) is 1. The molecule has 0 unspecified atom stereocenters. The summed E-state index contributed by atoms with van der Waals surface area (Å²) in [5, 5.41) is 6.95. The van der Waals surface area contributed by atoms with E-state index in [-0.39, 0.29) is 5.91 Å². The monoisotopic (exact) mass is 410 g/mol. The third kappa shape index (κ3) is 4.94. The Kier molecular flexibility index (Phi) is 6.86. The standard InChI is InChI=1S/C22H22N2O4S/c1-26-18-11-15(12-19(27-2)22(18)28-3)6-7-20(25)24-13-16-5-4-9-23-21(16)17-8-10-29-14-17/h4-12,14H,13H2,1-3H3,(H,24,25)/b7-6+. The predicted octanol–water partition coefficient (Wildman–Crippen LogP) is 4.17. The maximum absolute atomic E-state index is 12.3. The van der Waals surface area contributed by atoms with Crippen LogP contribution in [0.4, 0.5) is 0 Å². The van der Waals surface area contributed by atoms with Gasteiger partial charge in [0.2, 0.25) is 11.7 Å². The second-order valence-corrected chi connectivity index (χ2v) is 6.81. The van der Waals surface area contributed by atoms with Crippen molar-refractivity contribution in [3.8, 4) is 28.5 Å². The Balaban J connectivity index is 1.70. The average molecular weight is 410 g/mol. The third-order valence-corrected chi connectivity index (χ3v) is 4.94. The summed E-state index contributed by atoms with van der Waals surface area (Å²) in [5.74, 6) is 1.36. The average Bonchev–Trinajstić information content (AvgIpc) is 3.30. The van der Waals surface area contributed by atoms with E-state index in [2.05, 4.69) is 10.3 Å². The zero-order valence-electron chi connectivity index (χ0n) is 16.5. The van der Waals surface area contributed by atoms with Crippen LogP contribution in [-0.2, 0) is 11.3 Å². The summed E-state index contributed by atoms with van der Waals surface area (Å²) in [6.45, 7) is 0.386. The molecule has 6 nitrogen and oxygen atoms in total. The first-order chi connectivity index (χ1) is 14.2. The molecule has 0 aliphatic heterocycles. The van der Waals surface area contributed by atoms with Gasteiger partial charge < -0.3 is 19.5 Å². The molecule has 2 heterocycles. The van der Waals surface area contributed by atoms with Gasteiger partial charge in [-0.3, -0.25) is 9.78 Å². The van der Waals surface area contributed by atoms with Gasteiger partial charge in [0.1, 0.15) is 0 Å². The van der Waals surface area contributed by atoms with Crippen molar-refractivity contribution < 1.29 is 19.0 Å². The Morgan fingerprint density at radius 3 is 2.52 bits per heavy atom. The van der Waals surface area contributed by atoms with E-state index in [0.29, 0.717) is 23.8 Å². The number of hydrogen-bond acceptors (Lipinski definition) is 6. The van der Waals surface area contributed by atoms with Gasteiger partial charge in [0.25, 0.3) is 0 Å². The van der Waals surface area contributed by atoms with Crippen molar-refractivity contribution in [3.05, 3.63) is 64.5 Å². The summed E-state index contributed by atoms with van der Waals surface area (Å²) in [6.07, 6.45) is 4.92. The van der Waals surface area contributed by atoms with Gasteiger partial charge in [0.15, 0.2) is 11.5 Å². The van der Waals surface area contributed by atoms with Crippen LogP contribution in [0.25, 0.3) is 17.3 Å². The molecule has 0 atom stereocenters. The number of hydrogen-bond donors (Lipinski definition) is 1. The normalized spacial score (nSPS) is 10.7. The minimum Gasteiger partial charge on any atom is -0.493 e. The molecule has 0 bridgehead atoms. The highest BCUT2D eigenvalue weighted by molar-refractivity contribution is 7.08. The van der Waals surface area contributed by atoms with Crippen molar-refractivity contribution in [3.63, 3.8) is 0 Å². The smallest absolute Gasteiger partial charge is 0.244 e. The largest absolute Gasteiger partial charge is 0.493 e. The fourth-order valence-corrected chi connectivity index (χ4v) is 3.49. The highest BCUT2D eigenvalue weighted by atomic mass is 32.1. The Morgan fingerprint density at radius 1 is 1.14 bits per heavy atom. The Hall–Kier alpha value is -3.32. The van der Waals surface area contributed by atoms with Crippen LogP contribution < -0.4 is 19.5 Å². The number of methoxy groups -OCH3 is 3. The molecule has 3 aromatic rings. The summed E-state index contributed by atoms with van der Waals surface area (Å²) >= 11 is 1.61. The van der Waals surface area contributed by atoms with E-state index >= 15 is 0 Å². The van der Waals surface area contributed by atoms with E-state index in [0.717, 1.165) is 22.4 Å². The second-order valence-electron chi connectivity index (χ2n) is 6.03. The van der Waals surface area contributed by atoms with Crippen molar-refractivity contribution in [2.45, 2.75) is 6.54 Å². The number of thiophene rings is 1. The van der Waals surface area contributed by atoms with Gasteiger partial charge in [-0.15, -0.1) is 0 Å². The number of benzene rings is 1. The van der Waals surface area contributed by atoms with Gasteiger partial charge in [0.05, 0.1) is 27.0 Å². The molecule has 1 amide bonds. The highest BCUT2D eigenvalue weighted by Gasteiger charge is 2.12. The molecule has 0 fully saturated rings. The minimum absolute atomic E-state index is 0.209. The lowest BCUT2D eigenvalue weighted by Crippen LogP contribution is -2.20. The molecule has 1 aromatic carbocycles. The Labute approximate surface area is 173 Å². The van der Waals surface area contributed by atoms with E-state index in [9.17, 15) is 4.79 Å². The zero-order chi connectivity index (χ0) is 20.6. The molecule has 0 spiro atoms. The summed E-state index contributed by atoms with van der Waals surface area (Å²) in [5.41, 5.74) is 3.64. The van der Waals surface area contributed by atoms with E-state index < -0.39 is 0 Å². The maximum Gasteiger partial charge on any atom is 0.244 e. The van der Waals surface area contributed by atoms with Gasteiger partial charge in [-0.1, -0.05) is 6.07 Å². The first-order valence-electron chi connectivity index (χ1n) is 8.88. The fraction of sp³-hybridized carbons (Fsp3) is 0.182. The van der Waals surface area contributed by atoms with Crippen molar-refractivity contribution >= 4 is 23.3 Å². The van der Waals surface area contributed by atoms with Crippen LogP contribution in [0.1, 0.15) is 11.1 Å². The number of amides is 1. The minimum atomic E-state index is -0.209. The van der Waals surface area contributed by atoms with E-state index in [1.54, 1.807) is 57.1 Å². The first-order valence-corrected chi connectivity index (χ1v) is 9.83. The molecule has 3 rings (SSSR count). The number of rotatable bonds is 8. The first kappa shape index (κ1) is 20.4. The van der Waals surface area contributed by atoms with Crippen LogP contribution >= 0.6 is 11.3 Å². The third-order valence-electron chi connectivity index (χ3n) is 4.25. The van der Waals surface area contributed by atoms with Gasteiger partial charge in [-0.05, 0) is 46.8 Å². The molecule has 0 aliphatic carbocycles. The van der Waals surface area contributed by atoms with Crippen molar-refractivity contribution in [2.24, 2.45) is 0 Å². The zero-order valence-corrected chi connectivity index (χ0v) is 17.3. The van der Waals surface area contributed by atoms with Gasteiger partial charge in [-0.25, -0.2) is 0 Å². The van der Waals surface area contributed by atoms with E-state index in [1.165, 1.54) is 6.08 Å². The lowest BCUT2D eigenvalue weighted by atomic mass is 10.1. The van der Waals surface area contributed by atoms with Crippen LogP contribution in [0.3, 0.4) is 0 Å². The molecular formula is C22H22N2O4S. The second kappa shape index (κ2) is 9.75. The predicted molar refractivity (Wildman–Crippen MR) is 115 cm³/mol. The summed E-state index contributed by atoms with van der Waals surface area (Å²) < 4.78 is 16.0. The number of pyridine rings is 1. The molecule has 7 heteroatoms. The Morgan fingerprint density at radius 2 is 1.90 bits per heavy atom. The highest BCUT2D eigenvalue weighted by Crippen LogP contribution is 2.38. The molecule has 0 aliphatic rings. The lowest BCUT2D eigenvalue weighted by Gasteiger charge is -2.12. The molecule has 0 radical (unpaired) electrons. The molecule has 29 heavy (non-hydrogen) atoms. The summed E-state index contributed by atoms with van der Waals surface area (Å²) in [6, 6.07) is 9.40. The number of carbonyl (C=O) groups excluding carboxylic acids is 1. The molecule has 2 aromatic heterocycles. The lowest BCUT2D eigenvalue weighted by molar-refractivity contribution is -0.116. The van der Waals surface area contributed by atoms with E-state index in [1.807, 2.05) is 29.0 Å². The molecular weight excluding hydrogens is 388 g/mol. The van der Waals surface area contributed by atoms with E-state index in [4.69, 9.17) is 14.2 Å². The molecule has 150 valence electrons. The number of aromatic nitrogens is 1. The number of nitrogens with zero attached hydrogens (tertiary/aromatic N) is 1. The quantitative estimate of drug-likeness (QED) is 0.565. The molecule has 0 saturated carbocycles. The fourth-order valence-electron chi connectivity index (χ4n) is 2.85. The van der Waals surface area contributed by atoms with Crippen LogP contribution in [0.2, 0.25) is 0 Å². The maximum atomic E-state index is 12.3. The van der Waals surface area contributed by atoms with Crippen LogP contribution in [0, 0.1) is 0 Å². The van der Waals surface area contributed by atoms with Crippen LogP contribution in [0.15, 0.2) is 53.4 Å². The SMILES string of the molecule is COc1cc(/C=C/C(=O)NCc2cccnc2-c2ccsc2)cc(OC)c1OC. The number of carbonyl (C=O) groups is 1. The molecule has 0 saturated heterocycles. The molecule has 1 N–H and O–H groups in total. The van der Waals surface area contributed by atoms with Crippen LogP contribution in [0.5, 0.6) is 17.2 Å².